The topological polar surface area (TPSA) is 84.0 Å². The number of hydrogen-bond donors (Lipinski definition) is 3. The number of anilines is 1. The molecule has 31 heavy (non-hydrogen) atoms. The van der Waals surface area contributed by atoms with Crippen molar-refractivity contribution in [3.05, 3.63) is 59.9 Å². The Bertz CT molecular complexity index is 845. The summed E-state index contributed by atoms with van der Waals surface area (Å²) in [6, 6.07) is 13.7. The molecule has 2 aromatic carbocycles. The Morgan fingerprint density at radius 3 is 2.71 bits per heavy atom. The van der Waals surface area contributed by atoms with E-state index in [1.54, 1.807) is 19.2 Å². The van der Waals surface area contributed by atoms with Crippen molar-refractivity contribution in [1.29, 1.82) is 0 Å². The van der Waals surface area contributed by atoms with Crippen LogP contribution in [0.5, 0.6) is 5.75 Å². The number of carbonyl (C=O) groups excluding carboxylic acids is 1. The molecule has 3 N–H and O–H groups in total. The Morgan fingerprint density at radius 2 is 1.94 bits per heavy atom. The summed E-state index contributed by atoms with van der Waals surface area (Å²) in [5.74, 6) is 0.859. The van der Waals surface area contributed by atoms with Gasteiger partial charge in [-0.1, -0.05) is 18.2 Å². The average Bonchev–Trinajstić information content (AvgIpc) is 2.75. The number of guanidine groups is 1. The average molecular weight is 431 g/mol. The number of benzene rings is 2. The minimum absolute atomic E-state index is 0.136. The second kappa shape index (κ2) is 14.0. The largest absolute Gasteiger partial charge is 0.493 e. The number of ether oxygens (including phenoxy) is 2. The fraction of sp³-hybridized carbons (Fsp3) is 0.391. The van der Waals surface area contributed by atoms with Crippen LogP contribution >= 0.6 is 0 Å². The molecule has 0 unspecified atom stereocenters. The van der Waals surface area contributed by atoms with Gasteiger partial charge in [-0.05, 0) is 36.8 Å². The summed E-state index contributed by atoms with van der Waals surface area (Å²) in [6.07, 6.45) is 0.958. The molecule has 8 heteroatoms. The van der Waals surface area contributed by atoms with Crippen LogP contribution in [-0.2, 0) is 16.0 Å². The van der Waals surface area contributed by atoms with Crippen LogP contribution in [0.4, 0.5) is 10.1 Å². The van der Waals surface area contributed by atoms with E-state index in [1.165, 1.54) is 12.1 Å². The van der Waals surface area contributed by atoms with Gasteiger partial charge in [-0.3, -0.25) is 9.79 Å². The number of carbonyl (C=O) groups is 1. The number of hydrogen-bond acceptors (Lipinski definition) is 4. The molecule has 0 fully saturated rings. The lowest BCUT2D eigenvalue weighted by atomic mass is 10.1. The molecule has 2 aromatic rings. The minimum atomic E-state index is -0.347. The van der Waals surface area contributed by atoms with Crippen molar-refractivity contribution in [3.8, 4) is 5.75 Å². The van der Waals surface area contributed by atoms with Gasteiger partial charge in [0, 0.05) is 45.0 Å². The summed E-state index contributed by atoms with van der Waals surface area (Å²) < 4.78 is 23.9. The van der Waals surface area contributed by atoms with Crippen LogP contribution in [0.1, 0.15) is 18.9 Å². The third-order valence-electron chi connectivity index (χ3n) is 4.16. The summed E-state index contributed by atoms with van der Waals surface area (Å²) in [7, 11) is 1.67. The molecule has 7 nitrogen and oxygen atoms in total. The maximum Gasteiger partial charge on any atom is 0.224 e. The molecule has 0 saturated heterocycles. The van der Waals surface area contributed by atoms with Gasteiger partial charge in [0.2, 0.25) is 5.91 Å². The van der Waals surface area contributed by atoms with Crippen LogP contribution in [0.25, 0.3) is 0 Å². The Morgan fingerprint density at radius 1 is 1.10 bits per heavy atom. The first-order valence-corrected chi connectivity index (χ1v) is 10.4. The highest BCUT2D eigenvalue weighted by atomic mass is 19.1. The van der Waals surface area contributed by atoms with Crippen LogP contribution in [0.15, 0.2) is 53.5 Å². The quantitative estimate of drug-likeness (QED) is 0.274. The van der Waals surface area contributed by atoms with Gasteiger partial charge in [-0.25, -0.2) is 4.39 Å². The zero-order chi connectivity index (χ0) is 22.3. The standard InChI is InChI=1S/C23H31FN4O3/c1-3-25-23(28-20-9-5-10-21(17-20)31-14-6-13-30-2)27-12-11-26-22(29)16-18-7-4-8-19(24)15-18/h4-5,7-10,15,17H,3,6,11-14,16H2,1-2H3,(H,26,29)(H2,25,27,28). The molecule has 168 valence electrons. The number of methoxy groups -OCH3 is 1. The van der Waals surface area contributed by atoms with Gasteiger partial charge in [-0.2, -0.15) is 0 Å². The second-order valence-corrected chi connectivity index (χ2v) is 6.76. The molecule has 0 aliphatic carbocycles. The van der Waals surface area contributed by atoms with E-state index >= 15 is 0 Å². The molecular weight excluding hydrogens is 399 g/mol. The molecule has 0 radical (unpaired) electrons. The normalized spacial score (nSPS) is 11.1. The molecule has 0 spiro atoms. The van der Waals surface area contributed by atoms with Crippen LogP contribution in [-0.4, -0.2) is 51.8 Å². The molecule has 0 aromatic heterocycles. The summed E-state index contributed by atoms with van der Waals surface area (Å²) in [5, 5.41) is 9.21. The van der Waals surface area contributed by atoms with E-state index < -0.39 is 0 Å². The number of nitrogens with one attached hydrogen (secondary N) is 3. The van der Waals surface area contributed by atoms with Crippen LogP contribution in [0.2, 0.25) is 0 Å². The first-order chi connectivity index (χ1) is 15.1. The Labute approximate surface area is 183 Å². The van der Waals surface area contributed by atoms with Crippen LogP contribution in [0.3, 0.4) is 0 Å². The van der Waals surface area contributed by atoms with E-state index in [4.69, 9.17) is 9.47 Å². The first kappa shape index (κ1) is 24.1. The van der Waals surface area contributed by atoms with E-state index in [-0.39, 0.29) is 18.1 Å². The molecule has 0 heterocycles. The first-order valence-electron chi connectivity index (χ1n) is 10.4. The van der Waals surface area contributed by atoms with Crippen LogP contribution < -0.4 is 20.7 Å². The lowest BCUT2D eigenvalue weighted by Gasteiger charge is -2.13. The highest BCUT2D eigenvalue weighted by molar-refractivity contribution is 5.93. The van der Waals surface area contributed by atoms with Crippen molar-refractivity contribution in [1.82, 2.24) is 10.6 Å². The van der Waals surface area contributed by atoms with E-state index in [9.17, 15) is 9.18 Å². The van der Waals surface area contributed by atoms with Crippen molar-refractivity contribution in [2.45, 2.75) is 19.8 Å². The fourth-order valence-electron chi connectivity index (χ4n) is 2.76. The number of amides is 1. The maximum atomic E-state index is 13.2. The van der Waals surface area contributed by atoms with Gasteiger partial charge in [0.1, 0.15) is 11.6 Å². The van der Waals surface area contributed by atoms with Gasteiger partial charge in [0.15, 0.2) is 5.96 Å². The Balaban J connectivity index is 1.81. The smallest absolute Gasteiger partial charge is 0.224 e. The molecule has 0 aliphatic heterocycles. The van der Waals surface area contributed by atoms with E-state index in [0.717, 1.165) is 17.9 Å². The monoisotopic (exact) mass is 430 g/mol. The third kappa shape index (κ3) is 9.95. The Hall–Kier alpha value is -3.13. The van der Waals surface area contributed by atoms with Crippen molar-refractivity contribution in [3.63, 3.8) is 0 Å². The summed E-state index contributed by atoms with van der Waals surface area (Å²) in [5.41, 5.74) is 1.49. The summed E-state index contributed by atoms with van der Waals surface area (Å²) >= 11 is 0. The van der Waals surface area contributed by atoms with Crippen molar-refractivity contribution in [2.24, 2.45) is 4.99 Å². The number of aliphatic imine (C=N–C) groups is 1. The second-order valence-electron chi connectivity index (χ2n) is 6.76. The molecule has 0 bridgehead atoms. The zero-order valence-corrected chi connectivity index (χ0v) is 18.1. The number of nitrogens with zero attached hydrogens (tertiary/aromatic N) is 1. The molecule has 2 rings (SSSR count). The number of halogens is 1. The predicted molar refractivity (Wildman–Crippen MR) is 121 cm³/mol. The predicted octanol–water partition coefficient (Wildman–Crippen LogP) is 2.98. The van der Waals surface area contributed by atoms with E-state index in [0.29, 0.717) is 44.4 Å². The molecule has 1 amide bonds. The van der Waals surface area contributed by atoms with Crippen LogP contribution in [0, 0.1) is 5.82 Å². The SMILES string of the molecule is CCNC(=NCCNC(=O)Cc1cccc(F)c1)Nc1cccc(OCCCOC)c1. The van der Waals surface area contributed by atoms with Crippen molar-refractivity contribution in [2.75, 3.05) is 45.3 Å². The lowest BCUT2D eigenvalue weighted by molar-refractivity contribution is -0.120. The Kier molecular flexibility index (Phi) is 10.9. The van der Waals surface area contributed by atoms with Gasteiger partial charge in [-0.15, -0.1) is 0 Å². The molecule has 0 aliphatic rings. The summed E-state index contributed by atoms with van der Waals surface area (Å²) in [4.78, 5) is 16.5. The highest BCUT2D eigenvalue weighted by Crippen LogP contribution is 2.17. The van der Waals surface area contributed by atoms with E-state index in [1.807, 2.05) is 31.2 Å². The van der Waals surface area contributed by atoms with Crippen molar-refractivity contribution >= 4 is 17.6 Å². The number of rotatable bonds is 12. The van der Waals surface area contributed by atoms with Gasteiger partial charge < -0.3 is 25.4 Å². The third-order valence-corrected chi connectivity index (χ3v) is 4.16. The highest BCUT2D eigenvalue weighted by Gasteiger charge is 2.05. The fourth-order valence-corrected chi connectivity index (χ4v) is 2.76. The summed E-state index contributed by atoms with van der Waals surface area (Å²) in [6.45, 7) is 4.71. The lowest BCUT2D eigenvalue weighted by Crippen LogP contribution is -2.32. The maximum absolute atomic E-state index is 13.2. The molecule has 0 atom stereocenters. The molecule has 0 saturated carbocycles. The zero-order valence-electron chi connectivity index (χ0n) is 18.1. The van der Waals surface area contributed by atoms with Gasteiger partial charge >= 0.3 is 0 Å². The minimum Gasteiger partial charge on any atom is -0.493 e. The van der Waals surface area contributed by atoms with Gasteiger partial charge in [0.25, 0.3) is 0 Å². The van der Waals surface area contributed by atoms with E-state index in [2.05, 4.69) is 20.9 Å². The van der Waals surface area contributed by atoms with Gasteiger partial charge in [0.05, 0.1) is 19.6 Å². The van der Waals surface area contributed by atoms with Crippen molar-refractivity contribution < 1.29 is 18.7 Å². The molecular formula is C23H31FN4O3.